The Bertz CT molecular complexity index is 577. The Kier molecular flexibility index (Phi) is 4.01. The molecule has 0 aromatic carbocycles. The van der Waals surface area contributed by atoms with Crippen molar-refractivity contribution in [3.05, 3.63) is 28.6 Å². The van der Waals surface area contributed by atoms with Gasteiger partial charge in [-0.15, -0.1) is 0 Å². The van der Waals surface area contributed by atoms with E-state index in [4.69, 9.17) is 0 Å². The summed E-state index contributed by atoms with van der Waals surface area (Å²) >= 11 is 3.40. The summed E-state index contributed by atoms with van der Waals surface area (Å²) in [6.45, 7) is 4.05. The Morgan fingerprint density at radius 2 is 2.28 bits per heavy atom. The lowest BCUT2D eigenvalue weighted by atomic mass is 10.2. The lowest BCUT2D eigenvalue weighted by molar-refractivity contribution is -0.116. The minimum atomic E-state index is 0.0630. The highest BCUT2D eigenvalue weighted by Gasteiger charge is 2.07. The predicted octanol–water partition coefficient (Wildman–Crippen LogP) is 3.53. The van der Waals surface area contributed by atoms with Gasteiger partial charge in [-0.3, -0.25) is 4.79 Å². The average molecular weight is 310 g/mol. The van der Waals surface area contributed by atoms with Gasteiger partial charge in [0.15, 0.2) is 0 Å². The summed E-state index contributed by atoms with van der Waals surface area (Å²) < 4.78 is 2.79. The smallest absolute Gasteiger partial charge is 0.224 e. The molecule has 0 atom stereocenters. The number of nitrogens with zero attached hydrogens (tertiary/aromatic N) is 2. The van der Waals surface area contributed by atoms with Gasteiger partial charge < -0.3 is 9.72 Å². The summed E-state index contributed by atoms with van der Waals surface area (Å²) in [5.74, 6) is 0.0630. The quantitative estimate of drug-likeness (QED) is 0.939. The average Bonchev–Trinajstić information content (AvgIpc) is 2.63. The van der Waals surface area contributed by atoms with Crippen LogP contribution in [0.25, 0.3) is 5.65 Å². The maximum Gasteiger partial charge on any atom is 0.224 e. The molecule has 0 saturated heterocycles. The van der Waals surface area contributed by atoms with E-state index < -0.39 is 0 Å². The van der Waals surface area contributed by atoms with Gasteiger partial charge in [0, 0.05) is 12.6 Å². The molecule has 0 aliphatic carbocycles. The van der Waals surface area contributed by atoms with Crippen molar-refractivity contribution in [2.24, 2.45) is 0 Å². The van der Waals surface area contributed by atoms with Gasteiger partial charge in [-0.05, 0) is 41.4 Å². The highest BCUT2D eigenvalue weighted by atomic mass is 79.9. The number of imidazole rings is 1. The Morgan fingerprint density at radius 1 is 1.50 bits per heavy atom. The number of amides is 1. The second kappa shape index (κ2) is 5.52. The summed E-state index contributed by atoms with van der Waals surface area (Å²) in [4.78, 5) is 16.0. The van der Waals surface area contributed by atoms with Crippen LogP contribution in [0.5, 0.6) is 0 Å². The maximum atomic E-state index is 11.7. The summed E-state index contributed by atoms with van der Waals surface area (Å²) in [7, 11) is 0. The van der Waals surface area contributed by atoms with E-state index in [1.807, 2.05) is 29.7 Å². The van der Waals surface area contributed by atoms with Crippen LogP contribution < -0.4 is 5.32 Å². The first-order valence-corrected chi connectivity index (χ1v) is 6.85. The summed E-state index contributed by atoms with van der Waals surface area (Å²) in [5.41, 5.74) is 2.69. The molecule has 2 heterocycles. The van der Waals surface area contributed by atoms with Gasteiger partial charge in [0.1, 0.15) is 10.3 Å². The van der Waals surface area contributed by atoms with E-state index in [0.717, 1.165) is 34.5 Å². The standard InChI is InChI=1S/C13H16BrN3O/c1-3-4-5-12(18)15-10-6-7-11-16-13(14)9(2)17(11)8-10/h6-8H,3-5H2,1-2H3,(H,15,18). The second-order valence-electron chi connectivity index (χ2n) is 4.29. The van der Waals surface area contributed by atoms with Crippen molar-refractivity contribution >= 4 is 33.2 Å². The van der Waals surface area contributed by atoms with E-state index in [1.54, 1.807) is 0 Å². The van der Waals surface area contributed by atoms with Crippen LogP contribution in [-0.4, -0.2) is 15.3 Å². The Balaban J connectivity index is 2.19. The number of aromatic nitrogens is 2. The number of halogens is 1. The molecule has 96 valence electrons. The van der Waals surface area contributed by atoms with Crippen LogP contribution in [-0.2, 0) is 4.79 Å². The molecule has 0 radical (unpaired) electrons. The van der Waals surface area contributed by atoms with Crippen LogP contribution in [0.3, 0.4) is 0 Å². The van der Waals surface area contributed by atoms with Gasteiger partial charge in [0.25, 0.3) is 0 Å². The van der Waals surface area contributed by atoms with Gasteiger partial charge in [0.05, 0.1) is 11.4 Å². The van der Waals surface area contributed by atoms with E-state index >= 15 is 0 Å². The number of carbonyl (C=O) groups is 1. The van der Waals surface area contributed by atoms with Crippen LogP contribution in [0.2, 0.25) is 0 Å². The van der Waals surface area contributed by atoms with Crippen molar-refractivity contribution in [3.63, 3.8) is 0 Å². The zero-order valence-electron chi connectivity index (χ0n) is 10.5. The first-order valence-electron chi connectivity index (χ1n) is 6.06. The normalized spacial score (nSPS) is 10.8. The number of hydrogen-bond donors (Lipinski definition) is 1. The van der Waals surface area contributed by atoms with Crippen molar-refractivity contribution in [2.75, 3.05) is 5.32 Å². The fourth-order valence-electron chi connectivity index (χ4n) is 1.77. The fraction of sp³-hybridized carbons (Fsp3) is 0.385. The molecule has 0 spiro atoms. The van der Waals surface area contributed by atoms with E-state index in [9.17, 15) is 4.79 Å². The monoisotopic (exact) mass is 309 g/mol. The van der Waals surface area contributed by atoms with E-state index in [-0.39, 0.29) is 5.91 Å². The number of aryl methyl sites for hydroxylation is 1. The predicted molar refractivity (Wildman–Crippen MR) is 75.8 cm³/mol. The zero-order chi connectivity index (χ0) is 13.1. The molecule has 4 nitrogen and oxygen atoms in total. The number of carbonyl (C=O) groups excluding carboxylic acids is 1. The van der Waals surface area contributed by atoms with Gasteiger partial charge >= 0.3 is 0 Å². The summed E-state index contributed by atoms with van der Waals surface area (Å²) in [6, 6.07) is 3.77. The molecule has 18 heavy (non-hydrogen) atoms. The van der Waals surface area contributed by atoms with Gasteiger partial charge in [0.2, 0.25) is 5.91 Å². The molecule has 1 amide bonds. The topological polar surface area (TPSA) is 46.4 Å². The molecular formula is C13H16BrN3O. The molecular weight excluding hydrogens is 294 g/mol. The second-order valence-corrected chi connectivity index (χ2v) is 5.04. The zero-order valence-corrected chi connectivity index (χ0v) is 12.1. The number of fused-ring (bicyclic) bond motifs is 1. The molecule has 0 aliphatic heterocycles. The Morgan fingerprint density at radius 3 is 3.00 bits per heavy atom. The molecule has 0 unspecified atom stereocenters. The number of anilines is 1. The van der Waals surface area contributed by atoms with Crippen LogP contribution in [0.4, 0.5) is 5.69 Å². The largest absolute Gasteiger partial charge is 0.325 e. The number of pyridine rings is 1. The lowest BCUT2D eigenvalue weighted by Gasteiger charge is -2.05. The van der Waals surface area contributed by atoms with Gasteiger partial charge in [-0.2, -0.15) is 0 Å². The Hall–Kier alpha value is -1.36. The van der Waals surface area contributed by atoms with Gasteiger partial charge in [-0.25, -0.2) is 4.98 Å². The van der Waals surface area contributed by atoms with Gasteiger partial charge in [-0.1, -0.05) is 13.3 Å². The number of unbranched alkanes of at least 4 members (excludes halogenated alkanes) is 1. The van der Waals surface area contributed by atoms with Crippen LogP contribution in [0.15, 0.2) is 22.9 Å². The SMILES string of the molecule is CCCCC(=O)Nc1ccc2nc(Br)c(C)n2c1. The first-order chi connectivity index (χ1) is 8.61. The van der Waals surface area contributed by atoms with Crippen LogP contribution >= 0.6 is 15.9 Å². The highest BCUT2D eigenvalue weighted by Crippen LogP contribution is 2.19. The summed E-state index contributed by atoms with van der Waals surface area (Å²) in [5, 5.41) is 2.90. The molecule has 1 N–H and O–H groups in total. The maximum absolute atomic E-state index is 11.7. The van der Waals surface area contributed by atoms with Crippen molar-refractivity contribution in [2.45, 2.75) is 33.1 Å². The highest BCUT2D eigenvalue weighted by molar-refractivity contribution is 9.10. The molecule has 0 saturated carbocycles. The number of hydrogen-bond acceptors (Lipinski definition) is 2. The number of nitrogens with one attached hydrogen (secondary N) is 1. The Labute approximate surface area is 115 Å². The minimum Gasteiger partial charge on any atom is -0.325 e. The molecule has 2 aromatic heterocycles. The van der Waals surface area contributed by atoms with Crippen molar-refractivity contribution in [1.29, 1.82) is 0 Å². The van der Waals surface area contributed by atoms with Crippen molar-refractivity contribution < 1.29 is 4.79 Å². The summed E-state index contributed by atoms with van der Waals surface area (Å²) in [6.07, 6.45) is 4.41. The number of rotatable bonds is 4. The third kappa shape index (κ3) is 2.72. The third-order valence-corrected chi connectivity index (χ3v) is 3.59. The van der Waals surface area contributed by atoms with Crippen molar-refractivity contribution in [1.82, 2.24) is 9.38 Å². The molecule has 0 aliphatic rings. The molecule has 2 aromatic rings. The third-order valence-electron chi connectivity index (χ3n) is 2.84. The fourth-order valence-corrected chi connectivity index (χ4v) is 2.14. The lowest BCUT2D eigenvalue weighted by Crippen LogP contribution is -2.11. The molecule has 0 bridgehead atoms. The van der Waals surface area contributed by atoms with E-state index in [0.29, 0.717) is 6.42 Å². The van der Waals surface area contributed by atoms with Crippen LogP contribution in [0.1, 0.15) is 31.9 Å². The van der Waals surface area contributed by atoms with Crippen molar-refractivity contribution in [3.8, 4) is 0 Å². The molecule has 5 heteroatoms. The van der Waals surface area contributed by atoms with Crippen LogP contribution in [0, 0.1) is 6.92 Å². The van der Waals surface area contributed by atoms with E-state index in [1.165, 1.54) is 0 Å². The molecule has 2 rings (SSSR count). The first kappa shape index (κ1) is 13.1. The molecule has 0 fully saturated rings. The van der Waals surface area contributed by atoms with E-state index in [2.05, 4.69) is 33.2 Å². The minimum absolute atomic E-state index is 0.0630.